The smallest absolute Gasteiger partial charge is 0.247 e. The van der Waals surface area contributed by atoms with Crippen LogP contribution in [-0.2, 0) is 22.6 Å². The van der Waals surface area contributed by atoms with Crippen molar-refractivity contribution >= 4 is 22.8 Å². The molecule has 1 atom stereocenters. The number of carbonyl (C=O) groups excluding carboxylic acids is 2. The summed E-state index contributed by atoms with van der Waals surface area (Å²) in [6.07, 6.45) is 0.537. The Hall–Kier alpha value is -4.60. The van der Waals surface area contributed by atoms with E-state index >= 15 is 0 Å². The maximum absolute atomic E-state index is 14.2. The number of aromatic nitrogens is 3. The van der Waals surface area contributed by atoms with E-state index in [0.717, 1.165) is 16.6 Å². The monoisotopic (exact) mass is 573 g/mol. The van der Waals surface area contributed by atoms with E-state index in [9.17, 15) is 9.59 Å². The molecule has 0 aliphatic carbocycles. The molecule has 42 heavy (non-hydrogen) atoms. The van der Waals surface area contributed by atoms with Crippen molar-refractivity contribution in [2.45, 2.75) is 52.2 Å². The Labute approximate surface area is 246 Å². The summed E-state index contributed by atoms with van der Waals surface area (Å²) >= 11 is 0. The van der Waals surface area contributed by atoms with Crippen molar-refractivity contribution in [2.75, 3.05) is 27.9 Å². The highest BCUT2D eigenvalue weighted by atomic mass is 16.5. The van der Waals surface area contributed by atoms with Gasteiger partial charge in [0.15, 0.2) is 11.5 Å². The highest BCUT2D eigenvalue weighted by Gasteiger charge is 2.35. The topological polar surface area (TPSA) is 108 Å². The number of ether oxygens (including phenoxy) is 3. The van der Waals surface area contributed by atoms with Crippen LogP contribution >= 0.6 is 0 Å². The Morgan fingerprint density at radius 1 is 0.952 bits per heavy atom. The summed E-state index contributed by atoms with van der Waals surface area (Å²) in [6.45, 7) is 7.90. The molecule has 0 fully saturated rings. The molecule has 0 saturated carbocycles. The molecule has 0 aliphatic heterocycles. The predicted molar refractivity (Wildman–Crippen MR) is 161 cm³/mol. The quantitative estimate of drug-likeness (QED) is 0.282. The van der Waals surface area contributed by atoms with Crippen molar-refractivity contribution in [3.8, 4) is 17.2 Å². The molecule has 1 N–H and O–H groups in total. The molecule has 4 aromatic rings. The third-order valence-electron chi connectivity index (χ3n) is 6.81. The molecular weight excluding hydrogens is 534 g/mol. The van der Waals surface area contributed by atoms with Crippen LogP contribution in [0.15, 0.2) is 60.7 Å². The number of rotatable bonds is 11. The minimum atomic E-state index is -1.01. The summed E-state index contributed by atoms with van der Waals surface area (Å²) in [6, 6.07) is 18.0. The normalized spacial score (nSPS) is 12.1. The summed E-state index contributed by atoms with van der Waals surface area (Å²) in [5, 5.41) is 11.5. The first kappa shape index (κ1) is 30.4. The number of hydrogen-bond donors (Lipinski definition) is 1. The first-order valence-corrected chi connectivity index (χ1v) is 13.8. The number of para-hydroxylation sites is 1. The molecule has 4 rings (SSSR count). The van der Waals surface area contributed by atoms with Gasteiger partial charge in [-0.2, -0.15) is 0 Å². The average Bonchev–Trinajstić information content (AvgIpc) is 3.35. The lowest BCUT2D eigenvalue weighted by Crippen LogP contribution is -2.50. The maximum Gasteiger partial charge on any atom is 0.247 e. The van der Waals surface area contributed by atoms with Gasteiger partial charge in [-0.25, -0.2) is 4.68 Å². The van der Waals surface area contributed by atoms with Gasteiger partial charge >= 0.3 is 0 Å². The van der Waals surface area contributed by atoms with Gasteiger partial charge in [0.1, 0.15) is 18.1 Å². The molecule has 3 aromatic carbocycles. The van der Waals surface area contributed by atoms with E-state index in [2.05, 4.69) is 21.7 Å². The Bertz CT molecular complexity index is 1530. The molecule has 1 unspecified atom stereocenters. The molecule has 0 spiro atoms. The van der Waals surface area contributed by atoms with E-state index in [4.69, 9.17) is 14.2 Å². The lowest BCUT2D eigenvalue weighted by molar-refractivity contribution is -0.142. The summed E-state index contributed by atoms with van der Waals surface area (Å²) in [5.74, 6) is 0.534. The molecule has 2 amide bonds. The number of amides is 2. The third-order valence-corrected chi connectivity index (χ3v) is 6.81. The number of nitrogens with zero attached hydrogens (tertiary/aromatic N) is 4. The zero-order valence-electron chi connectivity index (χ0n) is 25.3. The van der Waals surface area contributed by atoms with Crippen molar-refractivity contribution in [1.29, 1.82) is 0 Å². The largest absolute Gasteiger partial charge is 0.493 e. The molecule has 0 bridgehead atoms. The van der Waals surface area contributed by atoms with Crippen molar-refractivity contribution < 1.29 is 23.8 Å². The molecule has 1 aromatic heterocycles. The molecule has 1 heterocycles. The second-order valence-corrected chi connectivity index (χ2v) is 11.2. The zero-order valence-corrected chi connectivity index (χ0v) is 25.3. The number of aryl methyl sites for hydroxylation is 1. The van der Waals surface area contributed by atoms with E-state index in [0.29, 0.717) is 34.7 Å². The summed E-state index contributed by atoms with van der Waals surface area (Å²) in [4.78, 5) is 29.9. The SMILES string of the molecule is COc1cc(C(C(=O)NC(C)(C)C)N(CCc2cccc(C)c2)C(=O)Cn2nnc3ccccc32)cc(OC)c1OC. The van der Waals surface area contributed by atoms with Crippen molar-refractivity contribution in [3.63, 3.8) is 0 Å². The number of fused-ring (bicyclic) bond motifs is 1. The van der Waals surface area contributed by atoms with E-state index < -0.39 is 11.6 Å². The van der Waals surface area contributed by atoms with Crippen molar-refractivity contribution in [1.82, 2.24) is 25.2 Å². The molecule has 0 aliphatic rings. The van der Waals surface area contributed by atoms with Crippen LogP contribution in [0.1, 0.15) is 43.5 Å². The van der Waals surface area contributed by atoms with Gasteiger partial charge < -0.3 is 24.4 Å². The van der Waals surface area contributed by atoms with Gasteiger partial charge in [0.05, 0.1) is 26.8 Å². The number of nitrogens with one attached hydrogen (secondary N) is 1. The summed E-state index contributed by atoms with van der Waals surface area (Å²) in [5.41, 5.74) is 3.55. The van der Waals surface area contributed by atoms with E-state index in [1.165, 1.54) is 21.3 Å². The van der Waals surface area contributed by atoms with E-state index in [1.54, 1.807) is 21.7 Å². The number of methoxy groups -OCH3 is 3. The minimum Gasteiger partial charge on any atom is -0.493 e. The average molecular weight is 574 g/mol. The van der Waals surface area contributed by atoms with Crippen LogP contribution in [0.2, 0.25) is 0 Å². The fourth-order valence-electron chi connectivity index (χ4n) is 4.94. The highest BCUT2D eigenvalue weighted by molar-refractivity contribution is 5.90. The first-order chi connectivity index (χ1) is 20.0. The fraction of sp³-hybridized carbons (Fsp3) is 0.375. The van der Waals surface area contributed by atoms with Gasteiger partial charge in [-0.3, -0.25) is 9.59 Å². The van der Waals surface area contributed by atoms with E-state index in [1.807, 2.05) is 70.2 Å². The second-order valence-electron chi connectivity index (χ2n) is 11.2. The van der Waals surface area contributed by atoms with Crippen LogP contribution in [0.3, 0.4) is 0 Å². The highest BCUT2D eigenvalue weighted by Crippen LogP contribution is 2.41. The molecule has 10 heteroatoms. The number of carbonyl (C=O) groups is 2. The lowest BCUT2D eigenvalue weighted by Gasteiger charge is -2.34. The summed E-state index contributed by atoms with van der Waals surface area (Å²) in [7, 11) is 4.55. The van der Waals surface area contributed by atoms with Gasteiger partial charge in [-0.05, 0) is 69.5 Å². The van der Waals surface area contributed by atoms with Crippen LogP contribution in [0.25, 0.3) is 11.0 Å². The molecular formula is C32H39N5O5. The van der Waals surface area contributed by atoms with Crippen LogP contribution in [0.5, 0.6) is 17.2 Å². The van der Waals surface area contributed by atoms with Gasteiger partial charge in [-0.1, -0.05) is 47.2 Å². The van der Waals surface area contributed by atoms with Crippen LogP contribution in [0.4, 0.5) is 0 Å². The minimum absolute atomic E-state index is 0.0992. The van der Waals surface area contributed by atoms with Crippen molar-refractivity contribution in [2.24, 2.45) is 0 Å². The molecule has 0 radical (unpaired) electrons. The van der Waals surface area contributed by atoms with Crippen LogP contribution in [-0.4, -0.2) is 65.1 Å². The second kappa shape index (κ2) is 12.9. The fourth-order valence-corrected chi connectivity index (χ4v) is 4.94. The van der Waals surface area contributed by atoms with Gasteiger partial charge in [0.2, 0.25) is 17.6 Å². The number of hydrogen-bond acceptors (Lipinski definition) is 7. The molecule has 10 nitrogen and oxygen atoms in total. The molecule has 0 saturated heterocycles. The Kier molecular flexibility index (Phi) is 9.35. The Balaban J connectivity index is 1.83. The van der Waals surface area contributed by atoms with Crippen molar-refractivity contribution in [3.05, 3.63) is 77.4 Å². The standard InChI is InChI=1S/C32H39N5O5/c1-21-11-10-12-22(17-21)15-16-36(28(38)20-37-25-14-9-8-13-24(25)34-35-37)29(31(39)33-32(2,3)4)23-18-26(40-5)30(42-7)27(19-23)41-6/h8-14,17-19,29H,15-16,20H2,1-7H3,(H,33,39). The van der Waals surface area contributed by atoms with Gasteiger partial charge in [0, 0.05) is 12.1 Å². The number of benzene rings is 3. The van der Waals surface area contributed by atoms with E-state index in [-0.39, 0.29) is 24.9 Å². The zero-order chi connectivity index (χ0) is 30.4. The van der Waals surface area contributed by atoms with Crippen LogP contribution < -0.4 is 19.5 Å². The third kappa shape index (κ3) is 6.99. The van der Waals surface area contributed by atoms with Gasteiger partial charge in [-0.15, -0.1) is 5.10 Å². The Morgan fingerprint density at radius 3 is 2.26 bits per heavy atom. The van der Waals surface area contributed by atoms with Crippen LogP contribution in [0, 0.1) is 6.92 Å². The summed E-state index contributed by atoms with van der Waals surface area (Å²) < 4.78 is 18.3. The first-order valence-electron chi connectivity index (χ1n) is 13.8. The predicted octanol–water partition coefficient (Wildman–Crippen LogP) is 4.49. The molecule has 222 valence electrons. The maximum atomic E-state index is 14.2. The lowest BCUT2D eigenvalue weighted by atomic mass is 9.99. The van der Waals surface area contributed by atoms with Gasteiger partial charge in [0.25, 0.3) is 0 Å². The Morgan fingerprint density at radius 2 is 1.64 bits per heavy atom.